The van der Waals surface area contributed by atoms with E-state index in [1.54, 1.807) is 11.3 Å². The van der Waals surface area contributed by atoms with Crippen LogP contribution in [0.5, 0.6) is 0 Å². The molecule has 0 aromatic carbocycles. The summed E-state index contributed by atoms with van der Waals surface area (Å²) in [6, 6.07) is 0.798. The zero-order valence-electron chi connectivity index (χ0n) is 8.86. The Bertz CT molecular complexity index is 270. The molecule has 84 valence electrons. The van der Waals surface area contributed by atoms with E-state index >= 15 is 0 Å². The number of thiazole rings is 1. The fraction of sp³-hybridized carbons (Fsp3) is 0.727. The number of hydrogen-bond acceptors (Lipinski definition) is 3. The fourth-order valence-electron chi connectivity index (χ4n) is 2.27. The molecule has 0 spiro atoms. The van der Waals surface area contributed by atoms with Gasteiger partial charge in [-0.2, -0.15) is 0 Å². The predicted octanol–water partition coefficient (Wildman–Crippen LogP) is 3.28. The summed E-state index contributed by atoms with van der Waals surface area (Å²) < 4.78 is 0. The van der Waals surface area contributed by atoms with Crippen molar-refractivity contribution < 1.29 is 0 Å². The van der Waals surface area contributed by atoms with Crippen LogP contribution in [0.1, 0.15) is 30.7 Å². The highest BCUT2D eigenvalue weighted by molar-refractivity contribution is 9.09. The molecule has 0 saturated heterocycles. The molecule has 1 aliphatic rings. The van der Waals surface area contributed by atoms with Gasteiger partial charge in [0.15, 0.2) is 0 Å². The lowest BCUT2D eigenvalue weighted by Crippen LogP contribution is -2.34. The first-order valence-corrected chi connectivity index (χ1v) is 7.58. The Balaban J connectivity index is 1.93. The van der Waals surface area contributed by atoms with Crippen LogP contribution in [-0.4, -0.2) is 27.8 Å². The van der Waals surface area contributed by atoms with Crippen molar-refractivity contribution >= 4 is 27.3 Å². The molecule has 0 bridgehead atoms. The monoisotopic (exact) mass is 288 g/mol. The summed E-state index contributed by atoms with van der Waals surface area (Å²) in [4.78, 5) is 6.96. The third-order valence-electron chi connectivity index (χ3n) is 3.03. The quantitative estimate of drug-likeness (QED) is 0.773. The summed E-state index contributed by atoms with van der Waals surface area (Å²) in [7, 11) is 0. The molecule has 1 saturated carbocycles. The Morgan fingerprint density at radius 2 is 2.27 bits per heavy atom. The maximum absolute atomic E-state index is 4.37. The highest BCUT2D eigenvalue weighted by Crippen LogP contribution is 2.25. The van der Waals surface area contributed by atoms with Crippen molar-refractivity contribution in [2.75, 3.05) is 11.9 Å². The second kappa shape index (κ2) is 5.97. The Labute approximate surface area is 104 Å². The van der Waals surface area contributed by atoms with Gasteiger partial charge in [0.05, 0.1) is 6.54 Å². The number of nitrogens with zero attached hydrogens (tertiary/aromatic N) is 2. The Hall–Kier alpha value is 0.0700. The fourth-order valence-corrected chi connectivity index (χ4v) is 3.37. The van der Waals surface area contributed by atoms with E-state index < -0.39 is 0 Å². The van der Waals surface area contributed by atoms with Gasteiger partial charge in [-0.15, -0.1) is 11.3 Å². The van der Waals surface area contributed by atoms with Crippen LogP contribution in [0.4, 0.5) is 0 Å². The van der Waals surface area contributed by atoms with Crippen LogP contribution in [0.3, 0.4) is 0 Å². The Kier molecular flexibility index (Phi) is 4.60. The molecular formula is C11H17BrN2S. The van der Waals surface area contributed by atoms with E-state index in [-0.39, 0.29) is 0 Å². The summed E-state index contributed by atoms with van der Waals surface area (Å²) in [5.41, 5.74) is 0. The van der Waals surface area contributed by atoms with Crippen molar-refractivity contribution in [1.29, 1.82) is 0 Å². The van der Waals surface area contributed by atoms with Crippen LogP contribution in [0.25, 0.3) is 0 Å². The van der Waals surface area contributed by atoms with Crippen LogP contribution in [-0.2, 0) is 6.54 Å². The van der Waals surface area contributed by atoms with Gasteiger partial charge in [-0.1, -0.05) is 28.8 Å². The van der Waals surface area contributed by atoms with Gasteiger partial charge in [-0.25, -0.2) is 4.98 Å². The van der Waals surface area contributed by atoms with Crippen LogP contribution in [0.15, 0.2) is 11.6 Å². The molecule has 2 rings (SSSR count). The molecule has 1 aliphatic carbocycles. The van der Waals surface area contributed by atoms with Gasteiger partial charge in [-0.05, 0) is 12.8 Å². The van der Waals surface area contributed by atoms with Crippen molar-refractivity contribution in [3.8, 4) is 0 Å². The van der Waals surface area contributed by atoms with Crippen LogP contribution in [0.2, 0.25) is 0 Å². The Morgan fingerprint density at radius 3 is 2.87 bits per heavy atom. The number of rotatable bonds is 5. The zero-order valence-corrected chi connectivity index (χ0v) is 11.3. The van der Waals surface area contributed by atoms with Gasteiger partial charge < -0.3 is 0 Å². The van der Waals surface area contributed by atoms with Gasteiger partial charge in [0.2, 0.25) is 0 Å². The largest absolute Gasteiger partial charge is 0.293 e. The van der Waals surface area contributed by atoms with Gasteiger partial charge in [0, 0.05) is 29.5 Å². The topological polar surface area (TPSA) is 16.1 Å². The average Bonchev–Trinajstić information content (AvgIpc) is 2.89. The van der Waals surface area contributed by atoms with E-state index in [9.17, 15) is 0 Å². The van der Waals surface area contributed by atoms with E-state index in [2.05, 4.69) is 31.2 Å². The number of aromatic nitrogens is 1. The number of hydrogen-bond donors (Lipinski definition) is 0. The predicted molar refractivity (Wildman–Crippen MR) is 68.6 cm³/mol. The molecule has 0 amide bonds. The average molecular weight is 289 g/mol. The molecule has 1 heterocycles. The first-order valence-electron chi connectivity index (χ1n) is 5.58. The van der Waals surface area contributed by atoms with Gasteiger partial charge in [0.1, 0.15) is 5.01 Å². The molecule has 4 heteroatoms. The first kappa shape index (κ1) is 11.6. The minimum Gasteiger partial charge on any atom is -0.293 e. The third kappa shape index (κ3) is 3.26. The van der Waals surface area contributed by atoms with Crippen molar-refractivity contribution in [1.82, 2.24) is 9.88 Å². The minimum atomic E-state index is 0.798. The van der Waals surface area contributed by atoms with Crippen LogP contribution < -0.4 is 0 Å². The lowest BCUT2D eigenvalue weighted by Gasteiger charge is -2.27. The van der Waals surface area contributed by atoms with Gasteiger partial charge in [0.25, 0.3) is 0 Å². The summed E-state index contributed by atoms with van der Waals surface area (Å²) in [6.45, 7) is 2.18. The summed E-state index contributed by atoms with van der Waals surface area (Å²) in [5, 5.41) is 4.38. The van der Waals surface area contributed by atoms with Crippen molar-refractivity contribution in [3.05, 3.63) is 16.6 Å². The second-order valence-corrected chi connectivity index (χ2v) is 5.80. The van der Waals surface area contributed by atoms with Crippen LogP contribution >= 0.6 is 27.3 Å². The maximum Gasteiger partial charge on any atom is 0.107 e. The zero-order chi connectivity index (χ0) is 10.5. The number of halogens is 1. The van der Waals surface area contributed by atoms with Crippen molar-refractivity contribution in [2.45, 2.75) is 38.3 Å². The lowest BCUT2D eigenvalue weighted by molar-refractivity contribution is 0.202. The highest BCUT2D eigenvalue weighted by Gasteiger charge is 2.22. The van der Waals surface area contributed by atoms with Gasteiger partial charge in [-0.3, -0.25) is 4.90 Å². The molecule has 1 fully saturated rings. The molecule has 0 radical (unpaired) electrons. The van der Waals surface area contributed by atoms with Crippen molar-refractivity contribution in [3.63, 3.8) is 0 Å². The summed E-state index contributed by atoms with van der Waals surface area (Å²) >= 11 is 5.31. The maximum atomic E-state index is 4.37. The molecule has 0 aliphatic heterocycles. The Morgan fingerprint density at radius 1 is 1.47 bits per heavy atom. The number of alkyl halides is 1. The SMILES string of the molecule is BrCCN(Cc1nccs1)C1CCCC1. The highest BCUT2D eigenvalue weighted by atomic mass is 79.9. The lowest BCUT2D eigenvalue weighted by atomic mass is 10.2. The second-order valence-electron chi connectivity index (χ2n) is 4.02. The standard InChI is InChI=1S/C11H17BrN2S/c12-5-7-14(10-3-1-2-4-10)9-11-13-6-8-15-11/h6,8,10H,1-5,7,9H2. The molecule has 0 unspecified atom stereocenters. The smallest absolute Gasteiger partial charge is 0.107 e. The third-order valence-corrected chi connectivity index (χ3v) is 4.15. The summed E-state index contributed by atoms with van der Waals surface area (Å²) in [6.07, 6.45) is 7.46. The first-order chi connectivity index (χ1) is 7.40. The van der Waals surface area contributed by atoms with Crippen molar-refractivity contribution in [2.24, 2.45) is 0 Å². The normalized spacial score (nSPS) is 17.7. The minimum absolute atomic E-state index is 0.798. The molecule has 1 aromatic rings. The molecule has 0 atom stereocenters. The molecule has 2 nitrogen and oxygen atoms in total. The van der Waals surface area contributed by atoms with E-state index in [0.717, 1.165) is 24.5 Å². The van der Waals surface area contributed by atoms with Gasteiger partial charge >= 0.3 is 0 Å². The van der Waals surface area contributed by atoms with E-state index in [4.69, 9.17) is 0 Å². The van der Waals surface area contributed by atoms with E-state index in [1.807, 2.05) is 6.20 Å². The van der Waals surface area contributed by atoms with E-state index in [0.29, 0.717) is 0 Å². The summed E-state index contributed by atoms with van der Waals surface area (Å²) in [5.74, 6) is 0. The van der Waals surface area contributed by atoms with Crippen LogP contribution in [0, 0.1) is 0 Å². The molecule has 0 N–H and O–H groups in total. The molecular weight excluding hydrogens is 272 g/mol. The molecule has 15 heavy (non-hydrogen) atoms. The molecule has 1 aromatic heterocycles. The van der Waals surface area contributed by atoms with E-state index in [1.165, 1.54) is 30.7 Å².